The summed E-state index contributed by atoms with van der Waals surface area (Å²) in [6, 6.07) is 16.6. The molecule has 5 heteroatoms. The van der Waals surface area contributed by atoms with E-state index in [0.29, 0.717) is 5.69 Å². The standard InChI is InChI=1S/C25H27N3OS/c1-15-7-10-23(17(3)11-15)30-18-8-9-20-21(14-18)27-28(26-20)22-13-16(2)12-19(24(22)29)25(4,5)6/h7-14,29H,1-6H3. The van der Waals surface area contributed by atoms with Gasteiger partial charge in [-0.3, -0.25) is 0 Å². The summed E-state index contributed by atoms with van der Waals surface area (Å²) in [5.41, 5.74) is 6.55. The number of benzene rings is 3. The van der Waals surface area contributed by atoms with Crippen molar-refractivity contribution in [2.45, 2.75) is 56.7 Å². The third-order valence-electron chi connectivity index (χ3n) is 5.17. The first-order valence-electron chi connectivity index (χ1n) is 10.1. The third-order valence-corrected chi connectivity index (χ3v) is 6.34. The Kier molecular flexibility index (Phi) is 5.10. The van der Waals surface area contributed by atoms with Gasteiger partial charge in [0.1, 0.15) is 22.5 Å². The molecule has 4 rings (SSSR count). The van der Waals surface area contributed by atoms with Crippen LogP contribution in [0.2, 0.25) is 0 Å². The number of fused-ring (bicyclic) bond motifs is 1. The van der Waals surface area contributed by atoms with E-state index < -0.39 is 0 Å². The lowest BCUT2D eigenvalue weighted by atomic mass is 9.85. The lowest BCUT2D eigenvalue weighted by Gasteiger charge is -2.22. The number of phenolic OH excluding ortho intramolecular Hbond substituents is 1. The van der Waals surface area contributed by atoms with Gasteiger partial charge in [-0.15, -0.1) is 15.0 Å². The minimum absolute atomic E-state index is 0.173. The second-order valence-electron chi connectivity index (χ2n) is 8.94. The van der Waals surface area contributed by atoms with E-state index in [1.807, 2.05) is 25.1 Å². The smallest absolute Gasteiger partial charge is 0.146 e. The SMILES string of the molecule is Cc1ccc(Sc2ccc3nn(-c4cc(C)cc(C(C)(C)C)c4O)nc3c2)c(C)c1. The zero-order valence-corrected chi connectivity index (χ0v) is 19.1. The fourth-order valence-electron chi connectivity index (χ4n) is 3.59. The number of aromatic nitrogens is 3. The Bertz CT molecular complexity index is 1250. The molecule has 4 aromatic rings. The molecule has 0 atom stereocenters. The number of aromatic hydroxyl groups is 1. The van der Waals surface area contributed by atoms with Crippen LogP contribution in [0.3, 0.4) is 0 Å². The van der Waals surface area contributed by atoms with E-state index in [1.165, 1.54) is 16.0 Å². The van der Waals surface area contributed by atoms with Gasteiger partial charge in [0, 0.05) is 15.4 Å². The fraction of sp³-hybridized carbons (Fsp3) is 0.280. The Hall–Kier alpha value is -2.79. The lowest BCUT2D eigenvalue weighted by Crippen LogP contribution is -2.13. The van der Waals surface area contributed by atoms with Gasteiger partial charge in [0.25, 0.3) is 0 Å². The molecule has 0 radical (unpaired) electrons. The Morgan fingerprint density at radius 1 is 0.833 bits per heavy atom. The second kappa shape index (κ2) is 7.47. The van der Waals surface area contributed by atoms with E-state index >= 15 is 0 Å². The van der Waals surface area contributed by atoms with E-state index in [-0.39, 0.29) is 11.2 Å². The highest BCUT2D eigenvalue weighted by molar-refractivity contribution is 7.99. The number of rotatable bonds is 3. The Morgan fingerprint density at radius 2 is 1.57 bits per heavy atom. The second-order valence-corrected chi connectivity index (χ2v) is 10.1. The van der Waals surface area contributed by atoms with Crippen LogP contribution in [0.4, 0.5) is 0 Å². The van der Waals surface area contributed by atoms with Gasteiger partial charge in [-0.05, 0) is 67.6 Å². The monoisotopic (exact) mass is 417 g/mol. The van der Waals surface area contributed by atoms with Crippen LogP contribution >= 0.6 is 11.8 Å². The van der Waals surface area contributed by atoms with Gasteiger partial charge < -0.3 is 5.11 Å². The van der Waals surface area contributed by atoms with Crippen molar-refractivity contribution in [3.63, 3.8) is 0 Å². The molecule has 0 aliphatic rings. The van der Waals surface area contributed by atoms with E-state index in [9.17, 15) is 5.11 Å². The topological polar surface area (TPSA) is 50.9 Å². The maximum absolute atomic E-state index is 10.9. The van der Waals surface area contributed by atoms with Crippen molar-refractivity contribution in [3.05, 3.63) is 70.8 Å². The van der Waals surface area contributed by atoms with E-state index in [0.717, 1.165) is 27.1 Å². The maximum atomic E-state index is 10.9. The molecule has 0 saturated carbocycles. The largest absolute Gasteiger partial charge is 0.505 e. The normalized spacial score (nSPS) is 11.9. The van der Waals surface area contributed by atoms with E-state index in [4.69, 9.17) is 0 Å². The summed E-state index contributed by atoms with van der Waals surface area (Å²) < 4.78 is 0. The molecule has 0 unspecified atom stereocenters. The van der Waals surface area contributed by atoms with Crippen LogP contribution in [-0.4, -0.2) is 20.1 Å². The average molecular weight is 418 g/mol. The molecule has 1 aromatic heterocycles. The Morgan fingerprint density at radius 3 is 2.27 bits per heavy atom. The van der Waals surface area contributed by atoms with Crippen molar-refractivity contribution in [2.75, 3.05) is 0 Å². The minimum Gasteiger partial charge on any atom is -0.505 e. The molecule has 30 heavy (non-hydrogen) atoms. The maximum Gasteiger partial charge on any atom is 0.146 e. The van der Waals surface area contributed by atoms with Crippen molar-refractivity contribution < 1.29 is 5.11 Å². The highest BCUT2D eigenvalue weighted by Gasteiger charge is 2.22. The van der Waals surface area contributed by atoms with Crippen molar-refractivity contribution in [1.29, 1.82) is 0 Å². The molecular weight excluding hydrogens is 390 g/mol. The first kappa shape index (κ1) is 20.5. The number of phenols is 1. The molecule has 0 aliphatic carbocycles. The number of aryl methyl sites for hydroxylation is 3. The summed E-state index contributed by atoms with van der Waals surface area (Å²) in [7, 11) is 0. The molecule has 3 aromatic carbocycles. The predicted octanol–water partition coefficient (Wildman–Crippen LogP) is 6.50. The van der Waals surface area contributed by atoms with Gasteiger partial charge in [-0.2, -0.15) is 0 Å². The van der Waals surface area contributed by atoms with Crippen LogP contribution in [0.15, 0.2) is 58.3 Å². The zero-order valence-electron chi connectivity index (χ0n) is 18.3. The number of hydrogen-bond acceptors (Lipinski definition) is 4. The van der Waals surface area contributed by atoms with Crippen molar-refractivity contribution in [1.82, 2.24) is 15.0 Å². The molecule has 154 valence electrons. The number of nitrogens with zero attached hydrogens (tertiary/aromatic N) is 3. The van der Waals surface area contributed by atoms with Gasteiger partial charge in [-0.25, -0.2) is 0 Å². The minimum atomic E-state index is -0.173. The molecule has 0 bridgehead atoms. The first-order valence-corrected chi connectivity index (χ1v) is 10.9. The van der Waals surface area contributed by atoms with Crippen molar-refractivity contribution >= 4 is 22.8 Å². The summed E-state index contributed by atoms with van der Waals surface area (Å²) in [6.45, 7) is 12.5. The summed E-state index contributed by atoms with van der Waals surface area (Å²) in [5.74, 6) is 0.235. The molecule has 0 fully saturated rings. The Balaban J connectivity index is 1.74. The molecular formula is C25H27N3OS. The summed E-state index contributed by atoms with van der Waals surface area (Å²) in [4.78, 5) is 3.90. The van der Waals surface area contributed by atoms with Crippen LogP contribution in [0.25, 0.3) is 16.7 Å². The van der Waals surface area contributed by atoms with Crippen LogP contribution in [0, 0.1) is 20.8 Å². The molecule has 0 aliphatic heterocycles. The summed E-state index contributed by atoms with van der Waals surface area (Å²) in [5, 5.41) is 20.2. The summed E-state index contributed by atoms with van der Waals surface area (Å²) in [6.07, 6.45) is 0. The molecule has 1 heterocycles. The third kappa shape index (κ3) is 3.94. The van der Waals surface area contributed by atoms with Gasteiger partial charge in [0.2, 0.25) is 0 Å². The predicted molar refractivity (Wildman–Crippen MR) is 124 cm³/mol. The van der Waals surface area contributed by atoms with Crippen LogP contribution < -0.4 is 0 Å². The molecule has 0 amide bonds. The quantitative estimate of drug-likeness (QED) is 0.413. The van der Waals surface area contributed by atoms with Crippen LogP contribution in [0.1, 0.15) is 43.0 Å². The highest BCUT2D eigenvalue weighted by Crippen LogP contribution is 2.36. The Labute approximate surface area is 181 Å². The van der Waals surface area contributed by atoms with Crippen LogP contribution in [-0.2, 0) is 5.41 Å². The lowest BCUT2D eigenvalue weighted by molar-refractivity contribution is 0.440. The first-order chi connectivity index (χ1) is 14.1. The zero-order chi connectivity index (χ0) is 21.6. The molecule has 4 nitrogen and oxygen atoms in total. The van der Waals surface area contributed by atoms with E-state index in [1.54, 1.807) is 16.6 Å². The highest BCUT2D eigenvalue weighted by atomic mass is 32.2. The van der Waals surface area contributed by atoms with Crippen molar-refractivity contribution in [3.8, 4) is 11.4 Å². The molecule has 1 N–H and O–H groups in total. The van der Waals surface area contributed by atoms with Gasteiger partial charge in [0.15, 0.2) is 0 Å². The van der Waals surface area contributed by atoms with Gasteiger partial charge in [0.05, 0.1) is 0 Å². The van der Waals surface area contributed by atoms with Gasteiger partial charge >= 0.3 is 0 Å². The summed E-state index contributed by atoms with van der Waals surface area (Å²) >= 11 is 1.73. The van der Waals surface area contributed by atoms with Crippen molar-refractivity contribution in [2.24, 2.45) is 0 Å². The van der Waals surface area contributed by atoms with Crippen LogP contribution in [0.5, 0.6) is 5.75 Å². The fourth-order valence-corrected chi connectivity index (χ4v) is 4.51. The molecule has 0 saturated heterocycles. The average Bonchev–Trinajstić information content (AvgIpc) is 3.08. The molecule has 0 spiro atoms. The number of hydrogen-bond donors (Lipinski definition) is 1. The van der Waals surface area contributed by atoms with Gasteiger partial charge in [-0.1, -0.05) is 56.3 Å². The van der Waals surface area contributed by atoms with E-state index in [2.05, 4.69) is 75.1 Å².